The second-order valence-corrected chi connectivity index (χ2v) is 4.19. The molecule has 0 saturated carbocycles. The third kappa shape index (κ3) is 2.26. The summed E-state index contributed by atoms with van der Waals surface area (Å²) in [5.41, 5.74) is 0. The molecule has 1 amide bonds. The number of carbonyl (C=O) groups is 2. The van der Waals surface area contributed by atoms with Crippen LogP contribution < -0.4 is 5.32 Å². The zero-order valence-electron chi connectivity index (χ0n) is 9.22. The first-order chi connectivity index (χ1) is 8.07. The number of hydrogen-bond donors (Lipinski definition) is 3. The summed E-state index contributed by atoms with van der Waals surface area (Å²) in [5.74, 6) is -2.28. The van der Waals surface area contributed by atoms with Crippen LogP contribution in [0.5, 0.6) is 0 Å². The average Bonchev–Trinajstić information content (AvgIpc) is 2.69. The first-order valence-electron chi connectivity index (χ1n) is 5.52. The number of amides is 1. The third-order valence-electron chi connectivity index (χ3n) is 3.03. The van der Waals surface area contributed by atoms with Gasteiger partial charge in [0.1, 0.15) is 12.1 Å². The van der Waals surface area contributed by atoms with Crippen molar-refractivity contribution in [1.82, 2.24) is 5.32 Å². The average molecular weight is 245 g/mol. The minimum Gasteiger partial charge on any atom is -0.428 e. The molecule has 3 N–H and O–H groups in total. The van der Waals surface area contributed by atoms with E-state index in [1.54, 1.807) is 0 Å². The van der Waals surface area contributed by atoms with Crippen molar-refractivity contribution >= 4 is 11.9 Å². The maximum Gasteiger partial charge on any atom is 0.331 e. The molecular formula is C10H15NO6. The Balaban J connectivity index is 1.95. The standard InChI is InChI=1S/C10H15NO6/c12-5-7(13)10(3-4-16-10)17-9(15)6-1-2-8(14)11-6/h6-7,12-13H,1-5H2,(H,11,14)/t6-,7?,10?/m0/s1. The van der Waals surface area contributed by atoms with E-state index < -0.39 is 30.5 Å². The number of carbonyl (C=O) groups excluding carboxylic acids is 2. The predicted octanol–water partition coefficient (Wildman–Crippen LogP) is -1.72. The molecule has 96 valence electrons. The van der Waals surface area contributed by atoms with Crippen LogP contribution in [0.1, 0.15) is 19.3 Å². The number of aliphatic hydroxyl groups is 2. The highest BCUT2D eigenvalue weighted by atomic mass is 16.7. The molecular weight excluding hydrogens is 230 g/mol. The summed E-state index contributed by atoms with van der Waals surface area (Å²) in [6.45, 7) is -0.189. The monoisotopic (exact) mass is 245 g/mol. The summed E-state index contributed by atoms with van der Waals surface area (Å²) in [6.07, 6.45) is -0.266. The molecule has 2 saturated heterocycles. The summed E-state index contributed by atoms with van der Waals surface area (Å²) in [5, 5.41) is 20.9. The first kappa shape index (κ1) is 12.3. The zero-order valence-corrected chi connectivity index (χ0v) is 9.22. The fourth-order valence-corrected chi connectivity index (χ4v) is 1.89. The van der Waals surface area contributed by atoms with E-state index >= 15 is 0 Å². The van der Waals surface area contributed by atoms with E-state index in [-0.39, 0.29) is 12.3 Å². The largest absolute Gasteiger partial charge is 0.428 e. The molecule has 0 radical (unpaired) electrons. The summed E-state index contributed by atoms with van der Waals surface area (Å²) < 4.78 is 10.1. The smallest absolute Gasteiger partial charge is 0.331 e. The molecule has 3 atom stereocenters. The molecule has 2 aliphatic heterocycles. The summed E-state index contributed by atoms with van der Waals surface area (Å²) in [4.78, 5) is 22.7. The number of nitrogens with one attached hydrogen (secondary N) is 1. The second kappa shape index (κ2) is 4.59. The zero-order chi connectivity index (χ0) is 12.5. The Labute approximate surface area is 97.7 Å². The van der Waals surface area contributed by atoms with Gasteiger partial charge in [0.05, 0.1) is 13.2 Å². The Kier molecular flexibility index (Phi) is 3.32. The fraction of sp³-hybridized carbons (Fsp3) is 0.800. The van der Waals surface area contributed by atoms with E-state index in [4.69, 9.17) is 14.6 Å². The Hall–Kier alpha value is -1.18. The SMILES string of the molecule is O=C1CC[C@@H](C(=O)OC2(C(O)CO)CCO2)N1. The van der Waals surface area contributed by atoms with Crippen molar-refractivity contribution in [2.45, 2.75) is 37.2 Å². The molecule has 0 aromatic rings. The van der Waals surface area contributed by atoms with E-state index in [0.29, 0.717) is 19.4 Å². The Morgan fingerprint density at radius 3 is 2.82 bits per heavy atom. The van der Waals surface area contributed by atoms with Crippen molar-refractivity contribution < 1.29 is 29.3 Å². The molecule has 0 aromatic heterocycles. The topological polar surface area (TPSA) is 105 Å². The van der Waals surface area contributed by atoms with Gasteiger partial charge in [-0.1, -0.05) is 0 Å². The van der Waals surface area contributed by atoms with Crippen LogP contribution in [-0.4, -0.2) is 53.2 Å². The maximum atomic E-state index is 11.7. The molecule has 7 heteroatoms. The molecule has 2 unspecified atom stereocenters. The lowest BCUT2D eigenvalue weighted by Crippen LogP contribution is -2.59. The Morgan fingerprint density at radius 1 is 1.71 bits per heavy atom. The third-order valence-corrected chi connectivity index (χ3v) is 3.03. The Bertz CT molecular complexity index is 327. The normalized spacial score (nSPS) is 33.8. The lowest BCUT2D eigenvalue weighted by molar-refractivity contribution is -0.333. The summed E-state index contributed by atoms with van der Waals surface area (Å²) in [7, 11) is 0. The van der Waals surface area contributed by atoms with Crippen molar-refractivity contribution in [3.63, 3.8) is 0 Å². The highest BCUT2D eigenvalue weighted by Gasteiger charge is 2.50. The fourth-order valence-electron chi connectivity index (χ4n) is 1.89. The van der Waals surface area contributed by atoms with Gasteiger partial charge in [0.25, 0.3) is 0 Å². The van der Waals surface area contributed by atoms with Gasteiger partial charge < -0.3 is 25.0 Å². The van der Waals surface area contributed by atoms with Crippen molar-refractivity contribution in [3.8, 4) is 0 Å². The minimum absolute atomic E-state index is 0.196. The van der Waals surface area contributed by atoms with Crippen LogP contribution in [0.4, 0.5) is 0 Å². The van der Waals surface area contributed by atoms with E-state index in [1.165, 1.54) is 0 Å². The van der Waals surface area contributed by atoms with Crippen LogP contribution in [-0.2, 0) is 19.1 Å². The molecule has 0 aromatic carbocycles. The van der Waals surface area contributed by atoms with Gasteiger partial charge in [0.2, 0.25) is 11.7 Å². The molecule has 0 bridgehead atoms. The van der Waals surface area contributed by atoms with Gasteiger partial charge in [-0.2, -0.15) is 0 Å². The first-order valence-corrected chi connectivity index (χ1v) is 5.52. The van der Waals surface area contributed by atoms with Crippen LogP contribution in [0, 0.1) is 0 Å². The van der Waals surface area contributed by atoms with Crippen molar-refractivity contribution in [1.29, 1.82) is 0 Å². The predicted molar refractivity (Wildman–Crippen MR) is 53.6 cm³/mol. The van der Waals surface area contributed by atoms with Crippen molar-refractivity contribution in [2.75, 3.05) is 13.2 Å². The lowest BCUT2D eigenvalue weighted by Gasteiger charge is -2.43. The van der Waals surface area contributed by atoms with Crippen LogP contribution in [0.3, 0.4) is 0 Å². The van der Waals surface area contributed by atoms with Crippen molar-refractivity contribution in [3.05, 3.63) is 0 Å². The Morgan fingerprint density at radius 2 is 2.41 bits per heavy atom. The second-order valence-electron chi connectivity index (χ2n) is 4.19. The molecule has 17 heavy (non-hydrogen) atoms. The highest BCUT2D eigenvalue weighted by molar-refractivity contribution is 5.88. The van der Waals surface area contributed by atoms with Crippen LogP contribution in [0.25, 0.3) is 0 Å². The molecule has 2 aliphatic rings. The van der Waals surface area contributed by atoms with Gasteiger partial charge in [-0.15, -0.1) is 0 Å². The van der Waals surface area contributed by atoms with Gasteiger partial charge >= 0.3 is 5.97 Å². The molecule has 2 fully saturated rings. The number of hydrogen-bond acceptors (Lipinski definition) is 6. The van der Waals surface area contributed by atoms with Gasteiger partial charge in [0, 0.05) is 12.8 Å². The quantitative estimate of drug-likeness (QED) is 0.509. The van der Waals surface area contributed by atoms with E-state index in [2.05, 4.69) is 5.32 Å². The maximum absolute atomic E-state index is 11.7. The van der Waals surface area contributed by atoms with Crippen LogP contribution in [0.2, 0.25) is 0 Å². The van der Waals surface area contributed by atoms with Crippen LogP contribution in [0.15, 0.2) is 0 Å². The number of ether oxygens (including phenoxy) is 2. The van der Waals surface area contributed by atoms with Crippen molar-refractivity contribution in [2.24, 2.45) is 0 Å². The van der Waals surface area contributed by atoms with E-state index in [0.717, 1.165) is 0 Å². The number of rotatable bonds is 4. The summed E-state index contributed by atoms with van der Waals surface area (Å²) >= 11 is 0. The lowest BCUT2D eigenvalue weighted by atomic mass is 10.0. The van der Waals surface area contributed by atoms with Gasteiger partial charge in [-0.05, 0) is 6.42 Å². The van der Waals surface area contributed by atoms with Gasteiger partial charge in [-0.25, -0.2) is 4.79 Å². The molecule has 0 aliphatic carbocycles. The minimum atomic E-state index is -1.45. The highest BCUT2D eigenvalue weighted by Crippen LogP contribution is 2.32. The number of aliphatic hydroxyl groups excluding tert-OH is 2. The molecule has 0 spiro atoms. The summed E-state index contributed by atoms with van der Waals surface area (Å²) in [6, 6.07) is -0.686. The number of esters is 1. The van der Waals surface area contributed by atoms with E-state index in [9.17, 15) is 14.7 Å². The van der Waals surface area contributed by atoms with Crippen LogP contribution >= 0.6 is 0 Å². The van der Waals surface area contributed by atoms with E-state index in [1.807, 2.05) is 0 Å². The molecule has 2 heterocycles. The molecule has 7 nitrogen and oxygen atoms in total. The van der Waals surface area contributed by atoms with Gasteiger partial charge in [-0.3, -0.25) is 4.79 Å². The van der Waals surface area contributed by atoms with Gasteiger partial charge in [0.15, 0.2) is 0 Å². The molecule has 2 rings (SSSR count).